The molecule has 0 aliphatic rings. The Hall–Kier alpha value is -2.64. The van der Waals surface area contributed by atoms with E-state index in [0.29, 0.717) is 11.9 Å². The highest BCUT2D eigenvalue weighted by atomic mass is 16.8. The summed E-state index contributed by atoms with van der Waals surface area (Å²) in [6, 6.07) is 3.24. The molecule has 112 valence electrons. The predicted octanol–water partition coefficient (Wildman–Crippen LogP) is 0.690. The van der Waals surface area contributed by atoms with E-state index in [0.717, 1.165) is 0 Å². The molecule has 0 saturated heterocycles. The Bertz CT molecular complexity index is 679. The van der Waals surface area contributed by atoms with E-state index in [1.807, 2.05) is 13.8 Å². The van der Waals surface area contributed by atoms with Crippen LogP contribution >= 0.6 is 0 Å². The van der Waals surface area contributed by atoms with Gasteiger partial charge in [-0.3, -0.25) is 9.42 Å². The van der Waals surface area contributed by atoms with Gasteiger partial charge in [-0.05, 0) is 29.4 Å². The van der Waals surface area contributed by atoms with Crippen molar-refractivity contribution in [2.75, 3.05) is 0 Å². The molecule has 1 atom stereocenters. The van der Waals surface area contributed by atoms with Gasteiger partial charge in [-0.2, -0.15) is 0 Å². The van der Waals surface area contributed by atoms with Crippen LogP contribution in [-0.4, -0.2) is 28.2 Å². The van der Waals surface area contributed by atoms with Crippen molar-refractivity contribution < 1.29 is 24.2 Å². The SMILES string of the molecule is CC(C)C[C@H](NC(=O)c1ccc2no[n+]([O-])c2c1)C(=O)O. The molecule has 0 aliphatic carbocycles. The third-order valence-corrected chi connectivity index (χ3v) is 2.96. The zero-order chi connectivity index (χ0) is 15.6. The molecule has 0 unspecified atom stereocenters. The van der Waals surface area contributed by atoms with Gasteiger partial charge >= 0.3 is 5.97 Å². The molecular formula is C13H15N3O5. The van der Waals surface area contributed by atoms with Gasteiger partial charge in [0.1, 0.15) is 6.04 Å². The average molecular weight is 293 g/mol. The van der Waals surface area contributed by atoms with Crippen molar-refractivity contribution in [2.24, 2.45) is 5.92 Å². The molecule has 1 amide bonds. The molecule has 0 aliphatic heterocycles. The van der Waals surface area contributed by atoms with Crippen LogP contribution in [-0.2, 0) is 4.79 Å². The molecule has 0 radical (unpaired) electrons. The molecule has 1 aromatic heterocycles. The number of aliphatic carboxylic acids is 1. The third kappa shape index (κ3) is 3.28. The second-order valence-corrected chi connectivity index (χ2v) is 5.13. The third-order valence-electron chi connectivity index (χ3n) is 2.96. The summed E-state index contributed by atoms with van der Waals surface area (Å²) in [7, 11) is 0. The molecule has 0 fully saturated rings. The van der Waals surface area contributed by atoms with Crippen molar-refractivity contribution in [3.63, 3.8) is 0 Å². The van der Waals surface area contributed by atoms with E-state index in [-0.39, 0.29) is 21.9 Å². The number of carboxylic acid groups (broad SMARTS) is 1. The van der Waals surface area contributed by atoms with Crippen LogP contribution in [0.5, 0.6) is 0 Å². The van der Waals surface area contributed by atoms with Gasteiger partial charge in [-0.15, -0.1) is 0 Å². The molecule has 1 heterocycles. The average Bonchev–Trinajstić information content (AvgIpc) is 2.78. The van der Waals surface area contributed by atoms with Crippen molar-refractivity contribution in [3.05, 3.63) is 29.0 Å². The molecule has 2 aromatic rings. The summed E-state index contributed by atoms with van der Waals surface area (Å²) in [6.45, 7) is 3.73. The minimum Gasteiger partial charge on any atom is -0.480 e. The van der Waals surface area contributed by atoms with E-state index in [1.165, 1.54) is 18.2 Å². The standard InChI is InChI=1S/C13H15N3O5/c1-7(2)5-10(13(18)19)14-12(17)8-3-4-9-11(6-8)16(20)21-15-9/h3-4,6-7,10H,5H2,1-2H3,(H,14,17)(H,18,19)/t10-/m0/s1. The summed E-state index contributed by atoms with van der Waals surface area (Å²) in [5, 5.41) is 26.3. The lowest BCUT2D eigenvalue weighted by atomic mass is 10.0. The summed E-state index contributed by atoms with van der Waals surface area (Å²) in [6.07, 6.45) is 0.318. The highest BCUT2D eigenvalue weighted by molar-refractivity contribution is 5.98. The first kappa shape index (κ1) is 14.8. The van der Waals surface area contributed by atoms with Gasteiger partial charge in [0.2, 0.25) is 11.0 Å². The largest absolute Gasteiger partial charge is 0.480 e. The minimum absolute atomic E-state index is 0.110. The fourth-order valence-corrected chi connectivity index (χ4v) is 1.95. The van der Waals surface area contributed by atoms with Crippen LogP contribution in [0.2, 0.25) is 0 Å². The first-order chi connectivity index (χ1) is 9.88. The van der Waals surface area contributed by atoms with Crippen molar-refractivity contribution in [2.45, 2.75) is 26.3 Å². The van der Waals surface area contributed by atoms with Crippen molar-refractivity contribution >= 4 is 22.9 Å². The van der Waals surface area contributed by atoms with Crippen LogP contribution in [0.3, 0.4) is 0 Å². The van der Waals surface area contributed by atoms with E-state index in [9.17, 15) is 14.8 Å². The van der Waals surface area contributed by atoms with Crippen LogP contribution in [0.25, 0.3) is 11.0 Å². The van der Waals surface area contributed by atoms with Gasteiger partial charge in [-0.1, -0.05) is 13.8 Å². The van der Waals surface area contributed by atoms with Gasteiger partial charge in [0, 0.05) is 16.8 Å². The maximum atomic E-state index is 12.1. The zero-order valence-corrected chi connectivity index (χ0v) is 11.6. The maximum Gasteiger partial charge on any atom is 0.326 e. The lowest BCUT2D eigenvalue weighted by molar-refractivity contribution is -0.782. The summed E-state index contributed by atoms with van der Waals surface area (Å²) in [5.41, 5.74) is 0.599. The molecule has 8 heteroatoms. The summed E-state index contributed by atoms with van der Waals surface area (Å²) in [4.78, 5) is 23.4. The number of carbonyl (C=O) groups excluding carboxylic acids is 1. The molecule has 0 spiro atoms. The van der Waals surface area contributed by atoms with Crippen LogP contribution in [0.15, 0.2) is 22.8 Å². The number of benzene rings is 1. The number of nitrogens with zero attached hydrogens (tertiary/aromatic N) is 2. The Balaban J connectivity index is 2.20. The highest BCUT2D eigenvalue weighted by Crippen LogP contribution is 2.12. The molecule has 0 bridgehead atoms. The summed E-state index contributed by atoms with van der Waals surface area (Å²) < 4.78 is 4.41. The number of carboxylic acids is 1. The second kappa shape index (κ2) is 5.78. The van der Waals surface area contributed by atoms with Gasteiger partial charge in [-0.25, -0.2) is 4.79 Å². The number of fused-ring (bicyclic) bond motifs is 1. The Morgan fingerprint density at radius 1 is 1.48 bits per heavy atom. The lowest BCUT2D eigenvalue weighted by Crippen LogP contribution is -2.41. The monoisotopic (exact) mass is 293 g/mol. The van der Waals surface area contributed by atoms with Gasteiger partial charge in [0.15, 0.2) is 0 Å². The molecular weight excluding hydrogens is 278 g/mol. The number of hydrogen-bond acceptors (Lipinski definition) is 5. The van der Waals surface area contributed by atoms with E-state index in [4.69, 9.17) is 5.11 Å². The fourth-order valence-electron chi connectivity index (χ4n) is 1.95. The van der Waals surface area contributed by atoms with Crippen LogP contribution in [0, 0.1) is 11.1 Å². The van der Waals surface area contributed by atoms with Crippen molar-refractivity contribution in [1.82, 2.24) is 10.5 Å². The van der Waals surface area contributed by atoms with E-state index in [2.05, 4.69) is 15.1 Å². The lowest BCUT2D eigenvalue weighted by Gasteiger charge is -2.16. The van der Waals surface area contributed by atoms with E-state index >= 15 is 0 Å². The molecule has 1 aromatic carbocycles. The Labute approximate surface area is 119 Å². The topological polar surface area (TPSA) is 119 Å². The Morgan fingerprint density at radius 2 is 2.19 bits per heavy atom. The number of rotatable bonds is 5. The zero-order valence-electron chi connectivity index (χ0n) is 11.6. The molecule has 2 N–H and O–H groups in total. The number of nitrogens with one attached hydrogen (secondary N) is 1. The Kier molecular flexibility index (Phi) is 4.06. The fraction of sp³-hybridized carbons (Fsp3) is 0.385. The normalized spacial score (nSPS) is 12.5. The second-order valence-electron chi connectivity index (χ2n) is 5.13. The summed E-state index contributed by atoms with van der Waals surface area (Å²) >= 11 is 0. The maximum absolute atomic E-state index is 12.1. The Morgan fingerprint density at radius 3 is 2.81 bits per heavy atom. The number of aromatic nitrogens is 2. The van der Waals surface area contributed by atoms with Gasteiger partial charge in [0.25, 0.3) is 5.91 Å². The predicted molar refractivity (Wildman–Crippen MR) is 71.3 cm³/mol. The number of hydrogen-bond donors (Lipinski definition) is 2. The number of amides is 1. The quantitative estimate of drug-likeness (QED) is 0.783. The first-order valence-electron chi connectivity index (χ1n) is 6.41. The molecule has 0 saturated carbocycles. The van der Waals surface area contributed by atoms with Gasteiger partial charge in [0.05, 0.1) is 0 Å². The van der Waals surface area contributed by atoms with Crippen molar-refractivity contribution in [3.8, 4) is 0 Å². The first-order valence-corrected chi connectivity index (χ1v) is 6.41. The van der Waals surface area contributed by atoms with Crippen LogP contribution in [0.4, 0.5) is 0 Å². The minimum atomic E-state index is -1.10. The highest BCUT2D eigenvalue weighted by Gasteiger charge is 2.22. The summed E-state index contributed by atoms with van der Waals surface area (Å²) in [5.74, 6) is -1.54. The van der Waals surface area contributed by atoms with Gasteiger partial charge < -0.3 is 15.6 Å². The van der Waals surface area contributed by atoms with Crippen molar-refractivity contribution in [1.29, 1.82) is 0 Å². The smallest absolute Gasteiger partial charge is 0.326 e. The molecule has 21 heavy (non-hydrogen) atoms. The van der Waals surface area contributed by atoms with Crippen LogP contribution < -0.4 is 10.2 Å². The molecule has 2 rings (SSSR count). The van der Waals surface area contributed by atoms with E-state index < -0.39 is 17.9 Å². The van der Waals surface area contributed by atoms with E-state index in [1.54, 1.807) is 0 Å². The van der Waals surface area contributed by atoms with Crippen LogP contribution in [0.1, 0.15) is 30.6 Å². The number of carbonyl (C=O) groups is 2. The molecule has 8 nitrogen and oxygen atoms in total.